The highest BCUT2D eigenvalue weighted by atomic mass is 35.5. The Kier molecular flexibility index (Phi) is 6.03. The first-order valence-electron chi connectivity index (χ1n) is 9.44. The lowest BCUT2D eigenvalue weighted by Crippen LogP contribution is -2.44. The molecule has 4 atom stereocenters. The maximum atomic E-state index is 13.3. The number of likely N-dealkylation sites (tertiary alicyclic amines) is 1. The van der Waals surface area contributed by atoms with Gasteiger partial charge in [-0.25, -0.2) is 0 Å². The standard InChI is InChI=1S/C20H28N2O2.ClH/c1-14-4-6-15(7-5-14)19-18(3-2-12-24-19)20(23)22-11-10-16-8-9-17(13-22)21-16;/h4-7,16-19,21H,2-3,8-13H2,1H3;1H. The van der Waals surface area contributed by atoms with Crippen LogP contribution >= 0.6 is 12.4 Å². The van der Waals surface area contributed by atoms with E-state index in [0.717, 1.165) is 44.5 Å². The zero-order valence-electron chi connectivity index (χ0n) is 14.9. The Balaban J connectivity index is 0.00000182. The number of fused-ring (bicyclic) bond motifs is 2. The quantitative estimate of drug-likeness (QED) is 0.875. The molecule has 4 rings (SSSR count). The average Bonchev–Trinajstić information content (AvgIpc) is 2.94. The lowest BCUT2D eigenvalue weighted by molar-refractivity contribution is -0.145. The van der Waals surface area contributed by atoms with Crippen molar-refractivity contribution in [3.05, 3.63) is 35.4 Å². The molecular formula is C20H29ClN2O2. The number of rotatable bonds is 2. The van der Waals surface area contributed by atoms with Crippen molar-refractivity contribution in [3.63, 3.8) is 0 Å². The molecule has 1 N–H and O–H groups in total. The van der Waals surface area contributed by atoms with Crippen molar-refractivity contribution in [2.45, 2.75) is 57.2 Å². The molecule has 3 heterocycles. The predicted octanol–water partition coefficient (Wildman–Crippen LogP) is 3.24. The minimum Gasteiger partial charge on any atom is -0.373 e. The van der Waals surface area contributed by atoms with Gasteiger partial charge < -0.3 is 15.0 Å². The Morgan fingerprint density at radius 1 is 1.12 bits per heavy atom. The fraction of sp³-hybridized carbons (Fsp3) is 0.650. The van der Waals surface area contributed by atoms with Crippen molar-refractivity contribution in [1.29, 1.82) is 0 Å². The van der Waals surface area contributed by atoms with Crippen LogP contribution in [0.5, 0.6) is 0 Å². The molecule has 1 aromatic rings. The first-order valence-corrected chi connectivity index (χ1v) is 9.44. The van der Waals surface area contributed by atoms with Gasteiger partial charge in [-0.2, -0.15) is 0 Å². The summed E-state index contributed by atoms with van der Waals surface area (Å²) in [5, 5.41) is 3.66. The molecule has 3 saturated heterocycles. The van der Waals surface area contributed by atoms with Crippen molar-refractivity contribution >= 4 is 18.3 Å². The minimum atomic E-state index is -0.0831. The predicted molar refractivity (Wildman–Crippen MR) is 101 cm³/mol. The van der Waals surface area contributed by atoms with Gasteiger partial charge >= 0.3 is 0 Å². The normalized spacial score (nSPS) is 32.0. The molecule has 3 aliphatic heterocycles. The molecule has 4 unspecified atom stereocenters. The number of benzene rings is 1. The molecule has 0 spiro atoms. The van der Waals surface area contributed by atoms with Crippen molar-refractivity contribution in [3.8, 4) is 0 Å². The van der Waals surface area contributed by atoms with E-state index in [-0.39, 0.29) is 24.4 Å². The number of ether oxygens (including phenoxy) is 1. The summed E-state index contributed by atoms with van der Waals surface area (Å²) in [6.45, 7) is 4.61. The summed E-state index contributed by atoms with van der Waals surface area (Å²) in [6, 6.07) is 9.58. The number of hydrogen-bond donors (Lipinski definition) is 1. The second-order valence-corrected chi connectivity index (χ2v) is 7.66. The molecule has 3 fully saturated rings. The highest BCUT2D eigenvalue weighted by molar-refractivity contribution is 5.85. The van der Waals surface area contributed by atoms with Crippen molar-refractivity contribution < 1.29 is 9.53 Å². The number of nitrogens with one attached hydrogen (secondary N) is 1. The zero-order valence-corrected chi connectivity index (χ0v) is 15.8. The molecule has 138 valence electrons. The first-order chi connectivity index (χ1) is 11.7. The Morgan fingerprint density at radius 2 is 1.88 bits per heavy atom. The largest absolute Gasteiger partial charge is 0.373 e. The number of hydrogen-bond acceptors (Lipinski definition) is 3. The molecule has 0 saturated carbocycles. The molecule has 2 bridgehead atoms. The summed E-state index contributed by atoms with van der Waals surface area (Å²) in [7, 11) is 0. The van der Waals surface area contributed by atoms with Crippen molar-refractivity contribution in [2.75, 3.05) is 19.7 Å². The van der Waals surface area contributed by atoms with Crippen LogP contribution in [0.1, 0.15) is 49.3 Å². The zero-order chi connectivity index (χ0) is 16.5. The highest BCUT2D eigenvalue weighted by Gasteiger charge is 2.38. The third-order valence-corrected chi connectivity index (χ3v) is 5.88. The summed E-state index contributed by atoms with van der Waals surface area (Å²) < 4.78 is 6.06. The molecule has 4 nitrogen and oxygen atoms in total. The van der Waals surface area contributed by atoms with Gasteiger partial charge in [-0.15, -0.1) is 12.4 Å². The Morgan fingerprint density at radius 3 is 2.68 bits per heavy atom. The van der Waals surface area contributed by atoms with Crippen LogP contribution in [0.25, 0.3) is 0 Å². The molecule has 5 heteroatoms. The van der Waals surface area contributed by atoms with Crippen LogP contribution in [0.2, 0.25) is 0 Å². The van der Waals surface area contributed by atoms with Crippen LogP contribution in [0.3, 0.4) is 0 Å². The monoisotopic (exact) mass is 364 g/mol. The number of aryl methyl sites for hydroxylation is 1. The van der Waals surface area contributed by atoms with E-state index in [1.54, 1.807) is 0 Å². The van der Waals surface area contributed by atoms with Crippen molar-refractivity contribution in [1.82, 2.24) is 10.2 Å². The second-order valence-electron chi connectivity index (χ2n) is 7.66. The lowest BCUT2D eigenvalue weighted by atomic mass is 9.87. The molecule has 0 aromatic heterocycles. The summed E-state index contributed by atoms with van der Waals surface area (Å²) >= 11 is 0. The molecule has 1 amide bonds. The van der Waals surface area contributed by atoms with E-state index >= 15 is 0 Å². The van der Waals surface area contributed by atoms with E-state index < -0.39 is 0 Å². The van der Waals surface area contributed by atoms with Gasteiger partial charge in [-0.05, 0) is 44.6 Å². The lowest BCUT2D eigenvalue weighted by Gasteiger charge is -2.35. The van der Waals surface area contributed by atoms with Crippen LogP contribution in [0.4, 0.5) is 0 Å². The van der Waals surface area contributed by atoms with Crippen LogP contribution < -0.4 is 5.32 Å². The average molecular weight is 365 g/mol. The van der Waals surface area contributed by atoms with Crippen LogP contribution in [0, 0.1) is 12.8 Å². The highest BCUT2D eigenvalue weighted by Crippen LogP contribution is 2.35. The van der Waals surface area contributed by atoms with Crippen molar-refractivity contribution in [2.24, 2.45) is 5.92 Å². The van der Waals surface area contributed by atoms with E-state index in [4.69, 9.17) is 4.74 Å². The molecule has 3 aliphatic rings. The molecular weight excluding hydrogens is 336 g/mol. The van der Waals surface area contributed by atoms with Crippen LogP contribution in [0.15, 0.2) is 24.3 Å². The molecule has 25 heavy (non-hydrogen) atoms. The third kappa shape index (κ3) is 4.02. The molecule has 1 aromatic carbocycles. The third-order valence-electron chi connectivity index (χ3n) is 5.88. The summed E-state index contributed by atoms with van der Waals surface area (Å²) in [4.78, 5) is 15.4. The van der Waals surface area contributed by atoms with E-state index in [9.17, 15) is 4.79 Å². The first kappa shape index (κ1) is 18.7. The van der Waals surface area contributed by atoms with Gasteiger partial charge in [0.2, 0.25) is 5.91 Å². The van der Waals surface area contributed by atoms with Gasteiger partial charge in [0, 0.05) is 31.8 Å². The van der Waals surface area contributed by atoms with Gasteiger partial charge in [-0.3, -0.25) is 4.79 Å². The Hall–Kier alpha value is -1.10. The van der Waals surface area contributed by atoms with E-state index in [2.05, 4.69) is 41.4 Å². The fourth-order valence-corrected chi connectivity index (χ4v) is 4.50. The summed E-state index contributed by atoms with van der Waals surface area (Å²) in [6.07, 6.45) is 5.40. The number of carbonyl (C=O) groups is 1. The SMILES string of the molecule is Cc1ccc(C2OCCCC2C(=O)N2CCC3CCC(C2)N3)cc1.Cl. The summed E-state index contributed by atoms with van der Waals surface area (Å²) in [5.41, 5.74) is 2.39. The topological polar surface area (TPSA) is 41.6 Å². The summed E-state index contributed by atoms with van der Waals surface area (Å²) in [5.74, 6) is 0.271. The van der Waals surface area contributed by atoms with Gasteiger partial charge in [0.1, 0.15) is 0 Å². The van der Waals surface area contributed by atoms with Gasteiger partial charge in [0.05, 0.1) is 12.0 Å². The minimum absolute atomic E-state index is 0. The number of amides is 1. The maximum Gasteiger partial charge on any atom is 0.228 e. The molecule has 0 radical (unpaired) electrons. The molecule has 0 aliphatic carbocycles. The van der Waals surface area contributed by atoms with E-state index in [0.29, 0.717) is 18.0 Å². The van der Waals surface area contributed by atoms with Gasteiger partial charge in [-0.1, -0.05) is 29.8 Å². The number of nitrogens with zero attached hydrogens (tertiary/aromatic N) is 1. The van der Waals surface area contributed by atoms with Crippen LogP contribution in [-0.4, -0.2) is 42.6 Å². The second kappa shape index (κ2) is 8.07. The Bertz CT molecular complexity index is 592. The maximum absolute atomic E-state index is 13.3. The number of carbonyl (C=O) groups excluding carboxylic acids is 1. The smallest absolute Gasteiger partial charge is 0.228 e. The fourth-order valence-electron chi connectivity index (χ4n) is 4.50. The number of halogens is 1. The van der Waals surface area contributed by atoms with Gasteiger partial charge in [0.25, 0.3) is 0 Å². The van der Waals surface area contributed by atoms with E-state index in [1.807, 2.05) is 0 Å². The van der Waals surface area contributed by atoms with Gasteiger partial charge in [0.15, 0.2) is 0 Å². The van der Waals surface area contributed by atoms with E-state index in [1.165, 1.54) is 18.4 Å². The van der Waals surface area contributed by atoms with Crippen LogP contribution in [-0.2, 0) is 9.53 Å². The Labute approximate surface area is 156 Å².